The van der Waals surface area contributed by atoms with Gasteiger partial charge in [0.1, 0.15) is 6.42 Å². The molecule has 0 bridgehead atoms. The molecule has 27 heavy (non-hydrogen) atoms. The van der Waals surface area contributed by atoms with Crippen molar-refractivity contribution in [3.05, 3.63) is 53.6 Å². The molecule has 2 aromatic carbocycles. The van der Waals surface area contributed by atoms with Gasteiger partial charge >= 0.3 is 0 Å². The number of amides is 2. The highest BCUT2D eigenvalue weighted by Gasteiger charge is 2.10. The Kier molecular flexibility index (Phi) is 7.37. The molecule has 2 aromatic rings. The lowest BCUT2D eigenvalue weighted by molar-refractivity contribution is -0.126. The monoisotopic (exact) mass is 369 g/mol. The summed E-state index contributed by atoms with van der Waals surface area (Å²) >= 11 is 0. The maximum absolute atomic E-state index is 11.9. The smallest absolute Gasteiger partial charge is 0.249 e. The lowest BCUT2D eigenvalue weighted by atomic mass is 10.2. The van der Waals surface area contributed by atoms with Crippen LogP contribution in [0.1, 0.15) is 24.5 Å². The Hall–Kier alpha value is -3.35. The molecule has 7 heteroatoms. The van der Waals surface area contributed by atoms with Crippen LogP contribution in [0.15, 0.2) is 47.6 Å². The fraction of sp³-hybridized carbons (Fsp3) is 0.250. The van der Waals surface area contributed by atoms with E-state index < -0.39 is 11.8 Å². The minimum atomic E-state index is -0.504. The van der Waals surface area contributed by atoms with E-state index in [2.05, 4.69) is 15.8 Å². The Bertz CT molecular complexity index is 834. The largest absolute Gasteiger partial charge is 0.493 e. The Balaban J connectivity index is 1.88. The molecule has 0 aliphatic rings. The summed E-state index contributed by atoms with van der Waals surface area (Å²) in [6.07, 6.45) is 1.15. The van der Waals surface area contributed by atoms with Gasteiger partial charge in [-0.1, -0.05) is 18.2 Å². The Labute approximate surface area is 158 Å². The molecular weight excluding hydrogens is 346 g/mol. The number of carbonyl (C=O) groups excluding carboxylic acids is 2. The molecule has 0 saturated carbocycles. The van der Waals surface area contributed by atoms with E-state index in [1.807, 2.05) is 32.0 Å². The minimum Gasteiger partial charge on any atom is -0.493 e. The van der Waals surface area contributed by atoms with Crippen molar-refractivity contribution >= 4 is 23.7 Å². The third kappa shape index (κ3) is 6.14. The number of para-hydroxylation sites is 1. The summed E-state index contributed by atoms with van der Waals surface area (Å²) in [5, 5.41) is 6.58. The zero-order chi connectivity index (χ0) is 19.6. The van der Waals surface area contributed by atoms with Gasteiger partial charge < -0.3 is 14.8 Å². The summed E-state index contributed by atoms with van der Waals surface area (Å²) in [6.45, 7) is 4.26. The molecule has 2 amide bonds. The maximum atomic E-state index is 11.9. The van der Waals surface area contributed by atoms with Crippen LogP contribution in [-0.4, -0.2) is 31.7 Å². The van der Waals surface area contributed by atoms with Crippen LogP contribution >= 0.6 is 0 Å². The highest BCUT2D eigenvalue weighted by atomic mass is 16.5. The number of rotatable bonds is 8. The molecule has 142 valence electrons. The van der Waals surface area contributed by atoms with E-state index in [0.717, 1.165) is 11.1 Å². The number of hydrogen-bond donors (Lipinski definition) is 2. The van der Waals surface area contributed by atoms with Crippen LogP contribution in [0.4, 0.5) is 5.69 Å². The van der Waals surface area contributed by atoms with Gasteiger partial charge in [-0.15, -0.1) is 0 Å². The first-order chi connectivity index (χ1) is 13.0. The zero-order valence-corrected chi connectivity index (χ0v) is 15.6. The van der Waals surface area contributed by atoms with Crippen molar-refractivity contribution in [2.45, 2.75) is 20.3 Å². The van der Waals surface area contributed by atoms with Gasteiger partial charge in [0.15, 0.2) is 11.5 Å². The highest BCUT2D eigenvalue weighted by molar-refractivity contribution is 6.04. The van der Waals surface area contributed by atoms with Gasteiger partial charge in [0.05, 0.1) is 19.9 Å². The second kappa shape index (κ2) is 9.96. The van der Waals surface area contributed by atoms with Crippen molar-refractivity contribution in [3.63, 3.8) is 0 Å². The molecule has 0 fully saturated rings. The standard InChI is InChI=1S/C20H23N3O4/c1-4-27-18-11-15(9-10-17(18)26-3)13-21-23-20(25)12-19(24)22-16-8-6-5-7-14(16)2/h5-11,13H,4,12H2,1-3H3,(H,22,24)(H,23,25). The van der Waals surface area contributed by atoms with E-state index in [9.17, 15) is 9.59 Å². The van der Waals surface area contributed by atoms with Gasteiger partial charge in [-0.05, 0) is 49.2 Å². The molecule has 0 aliphatic carbocycles. The van der Waals surface area contributed by atoms with Gasteiger partial charge in [0.2, 0.25) is 11.8 Å². The second-order valence-corrected chi connectivity index (χ2v) is 5.68. The van der Waals surface area contributed by atoms with Crippen LogP contribution < -0.4 is 20.2 Å². The molecule has 0 saturated heterocycles. The third-order valence-electron chi connectivity index (χ3n) is 3.63. The fourth-order valence-corrected chi connectivity index (χ4v) is 2.31. The van der Waals surface area contributed by atoms with Gasteiger partial charge in [-0.25, -0.2) is 5.43 Å². The average molecular weight is 369 g/mol. The molecular formula is C20H23N3O4. The van der Waals surface area contributed by atoms with E-state index in [1.54, 1.807) is 31.4 Å². The topological polar surface area (TPSA) is 89.0 Å². The number of nitrogens with zero attached hydrogens (tertiary/aromatic N) is 1. The van der Waals surface area contributed by atoms with Crippen molar-refractivity contribution in [3.8, 4) is 11.5 Å². The molecule has 0 aromatic heterocycles. The average Bonchev–Trinajstić information content (AvgIpc) is 2.64. The lowest BCUT2D eigenvalue weighted by Gasteiger charge is -2.09. The Morgan fingerprint density at radius 2 is 1.89 bits per heavy atom. The van der Waals surface area contributed by atoms with Crippen LogP contribution in [0.3, 0.4) is 0 Å². The normalized spacial score (nSPS) is 10.5. The fourth-order valence-electron chi connectivity index (χ4n) is 2.31. The summed E-state index contributed by atoms with van der Waals surface area (Å²) in [4.78, 5) is 23.8. The van der Waals surface area contributed by atoms with E-state index in [-0.39, 0.29) is 6.42 Å². The van der Waals surface area contributed by atoms with E-state index in [4.69, 9.17) is 9.47 Å². The maximum Gasteiger partial charge on any atom is 0.249 e. The molecule has 7 nitrogen and oxygen atoms in total. The summed E-state index contributed by atoms with van der Waals surface area (Å²) in [6, 6.07) is 12.6. The van der Waals surface area contributed by atoms with E-state index in [1.165, 1.54) is 6.21 Å². The molecule has 0 heterocycles. The minimum absolute atomic E-state index is 0.321. The number of aryl methyl sites for hydroxylation is 1. The second-order valence-electron chi connectivity index (χ2n) is 5.68. The number of ether oxygens (including phenoxy) is 2. The lowest BCUT2D eigenvalue weighted by Crippen LogP contribution is -2.24. The number of nitrogens with one attached hydrogen (secondary N) is 2. The number of carbonyl (C=O) groups is 2. The number of hydrazone groups is 1. The molecule has 0 radical (unpaired) electrons. The van der Waals surface area contributed by atoms with Crippen molar-refractivity contribution < 1.29 is 19.1 Å². The number of benzene rings is 2. The molecule has 2 N–H and O–H groups in total. The summed E-state index contributed by atoms with van der Waals surface area (Å²) in [7, 11) is 1.56. The van der Waals surface area contributed by atoms with Crippen LogP contribution in [0.25, 0.3) is 0 Å². The summed E-state index contributed by atoms with van der Waals surface area (Å²) in [5.74, 6) is 0.301. The molecule has 0 aliphatic heterocycles. The predicted molar refractivity (Wildman–Crippen MR) is 104 cm³/mol. The van der Waals surface area contributed by atoms with Crippen LogP contribution in [0, 0.1) is 6.92 Å². The summed E-state index contributed by atoms with van der Waals surface area (Å²) < 4.78 is 10.7. The van der Waals surface area contributed by atoms with Crippen molar-refractivity contribution in [1.29, 1.82) is 0 Å². The van der Waals surface area contributed by atoms with E-state index in [0.29, 0.717) is 23.8 Å². The highest BCUT2D eigenvalue weighted by Crippen LogP contribution is 2.27. The summed E-state index contributed by atoms with van der Waals surface area (Å²) in [5.41, 5.74) is 4.67. The van der Waals surface area contributed by atoms with E-state index >= 15 is 0 Å². The van der Waals surface area contributed by atoms with Gasteiger partial charge in [0.25, 0.3) is 0 Å². The molecule has 0 atom stereocenters. The van der Waals surface area contributed by atoms with Crippen LogP contribution in [0.2, 0.25) is 0 Å². The number of hydrogen-bond acceptors (Lipinski definition) is 5. The van der Waals surface area contributed by atoms with Crippen molar-refractivity contribution in [2.24, 2.45) is 5.10 Å². The first kappa shape index (κ1) is 20.0. The van der Waals surface area contributed by atoms with Crippen LogP contribution in [-0.2, 0) is 9.59 Å². The van der Waals surface area contributed by atoms with Crippen molar-refractivity contribution in [2.75, 3.05) is 19.0 Å². The van der Waals surface area contributed by atoms with Gasteiger partial charge in [-0.3, -0.25) is 9.59 Å². The quantitative estimate of drug-likeness (QED) is 0.425. The van der Waals surface area contributed by atoms with Gasteiger partial charge in [0, 0.05) is 5.69 Å². The molecule has 2 rings (SSSR count). The Morgan fingerprint density at radius 3 is 2.59 bits per heavy atom. The number of anilines is 1. The molecule has 0 spiro atoms. The van der Waals surface area contributed by atoms with Crippen molar-refractivity contribution in [1.82, 2.24) is 5.43 Å². The first-order valence-electron chi connectivity index (χ1n) is 8.51. The number of methoxy groups -OCH3 is 1. The predicted octanol–water partition coefficient (Wildman–Crippen LogP) is 2.88. The SMILES string of the molecule is CCOc1cc(C=NNC(=O)CC(=O)Nc2ccccc2C)ccc1OC. The molecule has 0 unspecified atom stereocenters. The Morgan fingerprint density at radius 1 is 1.11 bits per heavy atom. The zero-order valence-electron chi connectivity index (χ0n) is 15.6. The van der Waals surface area contributed by atoms with Gasteiger partial charge in [-0.2, -0.15) is 5.10 Å². The first-order valence-corrected chi connectivity index (χ1v) is 8.51. The van der Waals surface area contributed by atoms with Crippen LogP contribution in [0.5, 0.6) is 11.5 Å². The third-order valence-corrected chi connectivity index (χ3v) is 3.63.